The maximum Gasteiger partial charge on any atom is 0.387 e. The molecule has 0 aliphatic heterocycles. The summed E-state index contributed by atoms with van der Waals surface area (Å²) in [6.07, 6.45) is 1.72. The van der Waals surface area contributed by atoms with Crippen molar-refractivity contribution in [1.82, 2.24) is 10.2 Å². The van der Waals surface area contributed by atoms with Crippen LogP contribution in [0.25, 0.3) is 10.9 Å². The van der Waals surface area contributed by atoms with Gasteiger partial charge in [0.15, 0.2) is 0 Å². The first kappa shape index (κ1) is 13.4. The summed E-state index contributed by atoms with van der Waals surface area (Å²) < 4.78 is 29.3. The van der Waals surface area contributed by atoms with E-state index < -0.39 is 6.61 Å². The van der Waals surface area contributed by atoms with Gasteiger partial charge in [-0.15, -0.1) is 0 Å². The first-order valence-electron chi connectivity index (χ1n) is 6.43. The Labute approximate surface area is 119 Å². The summed E-state index contributed by atoms with van der Waals surface area (Å²) >= 11 is 0. The van der Waals surface area contributed by atoms with Crippen molar-refractivity contribution in [3.63, 3.8) is 0 Å². The zero-order valence-corrected chi connectivity index (χ0v) is 11.0. The van der Waals surface area contributed by atoms with Crippen LogP contribution in [0.3, 0.4) is 0 Å². The van der Waals surface area contributed by atoms with E-state index in [4.69, 9.17) is 0 Å². The van der Waals surface area contributed by atoms with Gasteiger partial charge < -0.3 is 10.1 Å². The number of hydrogen-bond acceptors (Lipinski definition) is 3. The van der Waals surface area contributed by atoms with Crippen LogP contribution in [0.1, 0.15) is 5.56 Å². The number of nitrogens with one attached hydrogen (secondary N) is 2. The predicted molar refractivity (Wildman–Crippen MR) is 76.5 cm³/mol. The number of aromatic amines is 1. The van der Waals surface area contributed by atoms with Gasteiger partial charge in [-0.05, 0) is 18.2 Å². The van der Waals surface area contributed by atoms with Gasteiger partial charge in [-0.1, -0.05) is 24.3 Å². The fourth-order valence-corrected chi connectivity index (χ4v) is 2.17. The summed E-state index contributed by atoms with van der Waals surface area (Å²) in [5.74, 6) is 0.180. The molecule has 0 saturated carbocycles. The van der Waals surface area contributed by atoms with Gasteiger partial charge >= 0.3 is 6.61 Å². The van der Waals surface area contributed by atoms with E-state index in [2.05, 4.69) is 20.3 Å². The summed E-state index contributed by atoms with van der Waals surface area (Å²) in [5.41, 5.74) is 2.46. The van der Waals surface area contributed by atoms with E-state index in [1.807, 2.05) is 18.2 Å². The summed E-state index contributed by atoms with van der Waals surface area (Å²) in [7, 11) is 0. The number of alkyl halides is 2. The Morgan fingerprint density at radius 3 is 2.86 bits per heavy atom. The molecule has 3 rings (SSSR count). The Bertz CT molecular complexity index is 742. The molecule has 0 aliphatic carbocycles. The molecule has 2 N–H and O–H groups in total. The van der Waals surface area contributed by atoms with Crippen molar-refractivity contribution in [2.24, 2.45) is 0 Å². The zero-order chi connectivity index (χ0) is 14.7. The molecule has 108 valence electrons. The Hall–Kier alpha value is -2.63. The van der Waals surface area contributed by atoms with Gasteiger partial charge in [0.1, 0.15) is 5.75 Å². The molecule has 0 spiro atoms. The number of anilines is 1. The molecule has 21 heavy (non-hydrogen) atoms. The Kier molecular flexibility index (Phi) is 3.68. The lowest BCUT2D eigenvalue weighted by atomic mass is 10.1. The first-order chi connectivity index (χ1) is 10.2. The molecule has 2 aromatic carbocycles. The molecule has 0 aliphatic rings. The van der Waals surface area contributed by atoms with Crippen LogP contribution in [0.4, 0.5) is 14.5 Å². The van der Waals surface area contributed by atoms with Gasteiger partial charge in [0.05, 0.1) is 11.7 Å². The Balaban J connectivity index is 1.80. The second-order valence-corrected chi connectivity index (χ2v) is 4.48. The molecule has 0 saturated heterocycles. The smallest absolute Gasteiger partial charge is 0.387 e. The minimum absolute atomic E-state index is 0.180. The van der Waals surface area contributed by atoms with Crippen molar-refractivity contribution in [3.05, 3.63) is 54.2 Å². The fraction of sp³-hybridized carbons (Fsp3) is 0.133. The number of halogens is 2. The highest BCUT2D eigenvalue weighted by atomic mass is 19.3. The Morgan fingerprint density at radius 1 is 1.14 bits per heavy atom. The minimum atomic E-state index is -2.83. The van der Waals surface area contributed by atoms with E-state index in [-0.39, 0.29) is 5.75 Å². The third-order valence-electron chi connectivity index (χ3n) is 3.14. The van der Waals surface area contributed by atoms with Crippen molar-refractivity contribution in [2.45, 2.75) is 13.2 Å². The maximum absolute atomic E-state index is 12.4. The molecule has 6 heteroatoms. The number of ether oxygens (including phenoxy) is 1. The third-order valence-corrected chi connectivity index (χ3v) is 3.14. The van der Waals surface area contributed by atoms with Gasteiger partial charge in [-0.3, -0.25) is 5.10 Å². The molecule has 0 atom stereocenters. The lowest BCUT2D eigenvalue weighted by Crippen LogP contribution is -2.07. The molecular weight excluding hydrogens is 276 g/mol. The highest BCUT2D eigenvalue weighted by Gasteiger charge is 2.09. The standard InChI is InChI=1S/C15H13F2N3O/c16-15(17)21-14-7-2-1-4-10(14)8-18-12-5-3-6-13-11(12)9-19-20-13/h1-7,9,15,18H,8H2,(H,19,20). The van der Waals surface area contributed by atoms with E-state index in [0.717, 1.165) is 16.6 Å². The SMILES string of the molecule is FC(F)Oc1ccccc1CNc1cccc2[nH]ncc12. The molecule has 1 heterocycles. The lowest BCUT2D eigenvalue weighted by molar-refractivity contribution is -0.0504. The molecule has 0 amide bonds. The maximum atomic E-state index is 12.4. The van der Waals surface area contributed by atoms with E-state index in [1.54, 1.807) is 24.4 Å². The highest BCUT2D eigenvalue weighted by Crippen LogP contribution is 2.24. The largest absolute Gasteiger partial charge is 0.434 e. The third kappa shape index (κ3) is 2.94. The Morgan fingerprint density at radius 2 is 2.00 bits per heavy atom. The second-order valence-electron chi connectivity index (χ2n) is 4.48. The normalized spacial score (nSPS) is 11.0. The minimum Gasteiger partial charge on any atom is -0.434 e. The van der Waals surface area contributed by atoms with Crippen molar-refractivity contribution in [2.75, 3.05) is 5.32 Å². The van der Waals surface area contributed by atoms with Crippen molar-refractivity contribution in [3.8, 4) is 5.75 Å². The van der Waals surface area contributed by atoms with Gasteiger partial charge in [0.25, 0.3) is 0 Å². The van der Waals surface area contributed by atoms with Crippen LogP contribution in [0.5, 0.6) is 5.75 Å². The number of rotatable bonds is 5. The molecular formula is C15H13F2N3O. The highest BCUT2D eigenvalue weighted by molar-refractivity contribution is 5.90. The molecule has 0 unspecified atom stereocenters. The van der Waals surface area contributed by atoms with E-state index in [1.165, 1.54) is 6.07 Å². The van der Waals surface area contributed by atoms with E-state index in [0.29, 0.717) is 12.1 Å². The monoisotopic (exact) mass is 289 g/mol. The summed E-state index contributed by atoms with van der Waals surface area (Å²) in [4.78, 5) is 0. The van der Waals surface area contributed by atoms with Gasteiger partial charge in [0, 0.05) is 23.2 Å². The van der Waals surface area contributed by atoms with Gasteiger partial charge in [-0.25, -0.2) is 0 Å². The number of nitrogens with zero attached hydrogens (tertiary/aromatic N) is 1. The fourth-order valence-electron chi connectivity index (χ4n) is 2.17. The van der Waals surface area contributed by atoms with E-state index >= 15 is 0 Å². The lowest BCUT2D eigenvalue weighted by Gasteiger charge is -2.12. The molecule has 0 bridgehead atoms. The number of fused-ring (bicyclic) bond motifs is 1. The van der Waals surface area contributed by atoms with E-state index in [9.17, 15) is 8.78 Å². The van der Waals surface area contributed by atoms with Crippen molar-refractivity contribution >= 4 is 16.6 Å². The number of benzene rings is 2. The second kappa shape index (κ2) is 5.78. The van der Waals surface area contributed by atoms with Crippen LogP contribution < -0.4 is 10.1 Å². The van der Waals surface area contributed by atoms with Crippen LogP contribution in [-0.2, 0) is 6.54 Å². The number of aromatic nitrogens is 2. The van der Waals surface area contributed by atoms with Crippen LogP contribution in [0, 0.1) is 0 Å². The summed E-state index contributed by atoms with van der Waals surface area (Å²) in [6.45, 7) is -2.45. The number of hydrogen-bond donors (Lipinski definition) is 2. The number of para-hydroxylation sites is 1. The van der Waals surface area contributed by atoms with Gasteiger partial charge in [-0.2, -0.15) is 13.9 Å². The molecule has 1 aromatic heterocycles. The average molecular weight is 289 g/mol. The predicted octanol–water partition coefficient (Wildman–Crippen LogP) is 3.78. The number of H-pyrrole nitrogens is 1. The van der Waals surface area contributed by atoms with Crippen LogP contribution in [-0.4, -0.2) is 16.8 Å². The van der Waals surface area contributed by atoms with Crippen molar-refractivity contribution in [1.29, 1.82) is 0 Å². The molecule has 0 fully saturated rings. The van der Waals surface area contributed by atoms with Crippen LogP contribution in [0.2, 0.25) is 0 Å². The van der Waals surface area contributed by atoms with Crippen LogP contribution >= 0.6 is 0 Å². The summed E-state index contributed by atoms with van der Waals surface area (Å²) in [5, 5.41) is 11.0. The first-order valence-corrected chi connectivity index (χ1v) is 6.43. The molecule has 0 radical (unpaired) electrons. The van der Waals surface area contributed by atoms with Crippen molar-refractivity contribution < 1.29 is 13.5 Å². The average Bonchev–Trinajstić information content (AvgIpc) is 2.95. The van der Waals surface area contributed by atoms with Gasteiger partial charge in [0.2, 0.25) is 0 Å². The zero-order valence-electron chi connectivity index (χ0n) is 11.0. The van der Waals surface area contributed by atoms with Crippen LogP contribution in [0.15, 0.2) is 48.7 Å². The quantitative estimate of drug-likeness (QED) is 0.751. The summed E-state index contributed by atoms with van der Waals surface area (Å²) in [6, 6.07) is 12.5. The topological polar surface area (TPSA) is 49.9 Å². The molecule has 3 aromatic rings. The molecule has 4 nitrogen and oxygen atoms in total.